The fourth-order valence-corrected chi connectivity index (χ4v) is 3.50. The van der Waals surface area contributed by atoms with Crippen LogP contribution in [0.2, 0.25) is 0 Å². The van der Waals surface area contributed by atoms with E-state index in [9.17, 15) is 0 Å². The Hall–Kier alpha value is -0.643. The Morgan fingerprint density at radius 3 is 1.94 bits per heavy atom. The van der Waals surface area contributed by atoms with E-state index >= 15 is 0 Å². The van der Waals surface area contributed by atoms with E-state index in [0.29, 0.717) is 0 Å². The molecule has 1 radical (unpaired) electrons. The Morgan fingerprint density at radius 1 is 1.00 bits per heavy atom. The van der Waals surface area contributed by atoms with Gasteiger partial charge in [0.25, 0.3) is 0 Å². The maximum Gasteiger partial charge on any atom is 0.424 e. The summed E-state index contributed by atoms with van der Waals surface area (Å²) in [6, 6.07) is 8.38. The Bertz CT molecular complexity index is 342. The van der Waals surface area contributed by atoms with E-state index in [2.05, 4.69) is 58.9 Å². The lowest BCUT2D eigenvalue weighted by molar-refractivity contribution is 0.119. The summed E-state index contributed by atoms with van der Waals surface area (Å²) in [5, 5.41) is 1.24. The molecule has 0 N–H and O–H groups in total. The van der Waals surface area contributed by atoms with Crippen LogP contribution in [-0.2, 0) is 8.85 Å². The predicted octanol–water partition coefficient (Wildman–Crippen LogP) is 3.32. The molecule has 0 saturated heterocycles. The lowest BCUT2D eigenvalue weighted by atomic mass is 10.2. The summed E-state index contributed by atoms with van der Waals surface area (Å²) in [5.41, 5.74) is 1.26. The molecule has 0 aliphatic rings. The van der Waals surface area contributed by atoms with E-state index in [1.54, 1.807) is 0 Å². The van der Waals surface area contributed by atoms with Crippen molar-refractivity contribution in [3.05, 3.63) is 29.8 Å². The first-order chi connectivity index (χ1) is 8.58. The van der Waals surface area contributed by atoms with Gasteiger partial charge in [-0.2, -0.15) is 0 Å². The van der Waals surface area contributed by atoms with E-state index < -0.39 is 9.28 Å². The Morgan fingerprint density at radius 2 is 1.50 bits per heavy atom. The predicted molar refractivity (Wildman–Crippen MR) is 78.2 cm³/mol. The highest BCUT2D eigenvalue weighted by Crippen LogP contribution is 2.08. The van der Waals surface area contributed by atoms with E-state index in [1.807, 2.05) is 0 Å². The van der Waals surface area contributed by atoms with Gasteiger partial charge < -0.3 is 8.85 Å². The zero-order chi connectivity index (χ0) is 13.5. The standard InChI is InChI=1S/C15H25O2Si/c1-6-13(4)16-18(17-14(5)7-2)15-11-9-8-10-12(15)3/h8-11,13-14H,6-7H2,1-5H3. The van der Waals surface area contributed by atoms with Gasteiger partial charge in [0.05, 0.1) is 0 Å². The van der Waals surface area contributed by atoms with Crippen LogP contribution in [0.15, 0.2) is 24.3 Å². The summed E-state index contributed by atoms with van der Waals surface area (Å²) < 4.78 is 12.2. The molecule has 18 heavy (non-hydrogen) atoms. The second-order valence-corrected chi connectivity index (χ2v) is 6.36. The molecule has 0 fully saturated rings. The van der Waals surface area contributed by atoms with Crippen LogP contribution in [-0.4, -0.2) is 21.5 Å². The number of rotatable bonds is 7. The average Bonchev–Trinajstić information content (AvgIpc) is 2.38. The van der Waals surface area contributed by atoms with Crippen molar-refractivity contribution in [1.82, 2.24) is 0 Å². The number of hydrogen-bond donors (Lipinski definition) is 0. The van der Waals surface area contributed by atoms with E-state index in [-0.39, 0.29) is 12.2 Å². The second-order valence-electron chi connectivity index (χ2n) is 4.78. The maximum absolute atomic E-state index is 6.12. The molecule has 2 nitrogen and oxygen atoms in total. The lowest BCUT2D eigenvalue weighted by Gasteiger charge is -2.23. The summed E-state index contributed by atoms with van der Waals surface area (Å²) in [7, 11) is -1.37. The minimum Gasteiger partial charge on any atom is -0.387 e. The molecule has 0 bridgehead atoms. The van der Waals surface area contributed by atoms with Crippen LogP contribution >= 0.6 is 0 Å². The van der Waals surface area contributed by atoms with Gasteiger partial charge in [-0.05, 0) is 44.4 Å². The molecule has 0 spiro atoms. The maximum atomic E-state index is 6.12. The van der Waals surface area contributed by atoms with Crippen LogP contribution in [0.4, 0.5) is 0 Å². The smallest absolute Gasteiger partial charge is 0.387 e. The third-order valence-corrected chi connectivity index (χ3v) is 5.36. The second kappa shape index (κ2) is 7.72. The average molecular weight is 265 g/mol. The molecular weight excluding hydrogens is 240 g/mol. The lowest BCUT2D eigenvalue weighted by Crippen LogP contribution is -2.42. The molecule has 0 aromatic heterocycles. The summed E-state index contributed by atoms with van der Waals surface area (Å²) in [5.74, 6) is 0. The fourth-order valence-electron chi connectivity index (χ4n) is 1.49. The van der Waals surface area contributed by atoms with Gasteiger partial charge in [0, 0.05) is 12.2 Å². The van der Waals surface area contributed by atoms with Crippen molar-refractivity contribution >= 4 is 14.5 Å². The summed E-state index contributed by atoms with van der Waals surface area (Å²) in [6.07, 6.45) is 2.54. The first-order valence-corrected chi connectivity index (χ1v) is 8.16. The van der Waals surface area contributed by atoms with Gasteiger partial charge in [-0.3, -0.25) is 0 Å². The van der Waals surface area contributed by atoms with Crippen molar-refractivity contribution in [1.29, 1.82) is 0 Å². The summed E-state index contributed by atoms with van der Waals surface area (Å²) in [4.78, 5) is 0. The molecule has 0 heterocycles. The molecule has 1 aromatic rings. The van der Waals surface area contributed by atoms with Crippen LogP contribution in [0.25, 0.3) is 0 Å². The van der Waals surface area contributed by atoms with Gasteiger partial charge in [0.15, 0.2) is 0 Å². The van der Waals surface area contributed by atoms with Crippen molar-refractivity contribution in [2.75, 3.05) is 0 Å². The number of hydrogen-bond acceptors (Lipinski definition) is 2. The SMILES string of the molecule is CCC(C)O[Si](OC(C)CC)c1ccccc1C. The molecule has 0 amide bonds. The largest absolute Gasteiger partial charge is 0.424 e. The molecule has 0 aliphatic carbocycles. The highest BCUT2D eigenvalue weighted by atomic mass is 28.3. The minimum absolute atomic E-state index is 0.252. The summed E-state index contributed by atoms with van der Waals surface area (Å²) in [6.45, 7) is 10.6. The first kappa shape index (κ1) is 15.4. The molecule has 1 aromatic carbocycles. The van der Waals surface area contributed by atoms with Crippen LogP contribution < -0.4 is 5.19 Å². The molecule has 0 aliphatic heterocycles. The van der Waals surface area contributed by atoms with Crippen LogP contribution in [0.1, 0.15) is 46.1 Å². The fraction of sp³-hybridized carbons (Fsp3) is 0.600. The highest BCUT2D eigenvalue weighted by Gasteiger charge is 2.25. The molecule has 2 unspecified atom stereocenters. The van der Waals surface area contributed by atoms with Crippen molar-refractivity contribution in [2.24, 2.45) is 0 Å². The van der Waals surface area contributed by atoms with Gasteiger partial charge in [-0.15, -0.1) is 0 Å². The topological polar surface area (TPSA) is 18.5 Å². The summed E-state index contributed by atoms with van der Waals surface area (Å²) >= 11 is 0. The zero-order valence-corrected chi connectivity index (χ0v) is 13.2. The Balaban J connectivity index is 2.86. The molecule has 1 rings (SSSR count). The van der Waals surface area contributed by atoms with Crippen LogP contribution in [0.3, 0.4) is 0 Å². The van der Waals surface area contributed by atoms with Gasteiger partial charge in [-0.25, -0.2) is 0 Å². The first-order valence-electron chi connectivity index (χ1n) is 6.84. The van der Waals surface area contributed by atoms with Crippen LogP contribution in [0.5, 0.6) is 0 Å². The number of benzene rings is 1. The zero-order valence-electron chi connectivity index (χ0n) is 12.2. The van der Waals surface area contributed by atoms with E-state index in [4.69, 9.17) is 8.85 Å². The van der Waals surface area contributed by atoms with Crippen molar-refractivity contribution in [2.45, 2.75) is 59.7 Å². The Labute approximate surface area is 113 Å². The quantitative estimate of drug-likeness (QED) is 0.704. The monoisotopic (exact) mass is 265 g/mol. The Kier molecular flexibility index (Phi) is 6.61. The highest BCUT2D eigenvalue weighted by molar-refractivity contribution is 6.61. The van der Waals surface area contributed by atoms with E-state index in [1.165, 1.54) is 10.8 Å². The van der Waals surface area contributed by atoms with E-state index in [0.717, 1.165) is 12.8 Å². The van der Waals surface area contributed by atoms with Gasteiger partial charge >= 0.3 is 9.28 Å². The van der Waals surface area contributed by atoms with Crippen LogP contribution in [0, 0.1) is 6.92 Å². The van der Waals surface area contributed by atoms with Gasteiger partial charge in [-0.1, -0.05) is 38.1 Å². The van der Waals surface area contributed by atoms with Crippen molar-refractivity contribution < 1.29 is 8.85 Å². The third kappa shape index (κ3) is 4.56. The van der Waals surface area contributed by atoms with Crippen molar-refractivity contribution in [3.63, 3.8) is 0 Å². The normalized spacial score (nSPS) is 14.8. The molecule has 3 heteroatoms. The molecule has 2 atom stereocenters. The van der Waals surface area contributed by atoms with Gasteiger partial charge in [0.2, 0.25) is 0 Å². The molecule has 101 valence electrons. The van der Waals surface area contributed by atoms with Gasteiger partial charge in [0.1, 0.15) is 0 Å². The third-order valence-electron chi connectivity index (χ3n) is 3.13. The minimum atomic E-state index is -1.37. The molecular formula is C15H25O2Si. The molecule has 0 saturated carbocycles. The number of aryl methyl sites for hydroxylation is 1. The van der Waals surface area contributed by atoms with Crippen molar-refractivity contribution in [3.8, 4) is 0 Å².